The predicted molar refractivity (Wildman–Crippen MR) is 78.1 cm³/mol. The molecule has 92 valence electrons. The quantitative estimate of drug-likeness (QED) is 0.796. The first-order valence-corrected chi connectivity index (χ1v) is 6.38. The summed E-state index contributed by atoms with van der Waals surface area (Å²) < 4.78 is 0. The van der Waals surface area contributed by atoms with E-state index in [9.17, 15) is 0 Å². The molecule has 1 heterocycles. The first-order chi connectivity index (χ1) is 9.40. The molecular weight excluding hydrogens is 232 g/mol. The Morgan fingerprint density at radius 3 is 2.53 bits per heavy atom. The zero-order chi connectivity index (χ0) is 13.1. The SMILES string of the molecule is N#CCC1C=Cc2ccccc2N1c1ccccc1. The maximum atomic E-state index is 9.02. The van der Waals surface area contributed by atoms with E-state index in [1.807, 2.05) is 30.3 Å². The highest BCUT2D eigenvalue weighted by Crippen LogP contribution is 2.35. The summed E-state index contributed by atoms with van der Waals surface area (Å²) in [6, 6.07) is 20.9. The molecule has 0 saturated heterocycles. The average Bonchev–Trinajstić information content (AvgIpc) is 2.48. The van der Waals surface area contributed by atoms with E-state index < -0.39 is 0 Å². The summed E-state index contributed by atoms with van der Waals surface area (Å²) in [7, 11) is 0. The molecule has 0 N–H and O–H groups in total. The Morgan fingerprint density at radius 1 is 1.00 bits per heavy atom. The van der Waals surface area contributed by atoms with Crippen molar-refractivity contribution < 1.29 is 0 Å². The Kier molecular flexibility index (Phi) is 3.04. The fourth-order valence-electron chi connectivity index (χ4n) is 2.50. The number of rotatable bonds is 2. The Hall–Kier alpha value is -2.53. The Bertz CT molecular complexity index is 638. The van der Waals surface area contributed by atoms with Crippen LogP contribution in [0.25, 0.3) is 6.08 Å². The van der Waals surface area contributed by atoms with Crippen LogP contribution in [0, 0.1) is 11.3 Å². The Balaban J connectivity index is 2.11. The van der Waals surface area contributed by atoms with Crippen LogP contribution in [0.5, 0.6) is 0 Å². The third kappa shape index (κ3) is 2.11. The van der Waals surface area contributed by atoms with E-state index in [-0.39, 0.29) is 6.04 Å². The van der Waals surface area contributed by atoms with Crippen LogP contribution in [-0.2, 0) is 0 Å². The first-order valence-electron chi connectivity index (χ1n) is 6.38. The molecule has 1 unspecified atom stereocenters. The fourth-order valence-corrected chi connectivity index (χ4v) is 2.50. The second-order valence-corrected chi connectivity index (χ2v) is 4.55. The van der Waals surface area contributed by atoms with E-state index in [1.165, 1.54) is 5.56 Å². The van der Waals surface area contributed by atoms with Gasteiger partial charge in [0.05, 0.1) is 18.5 Å². The number of benzene rings is 2. The normalized spacial score (nSPS) is 16.8. The lowest BCUT2D eigenvalue weighted by Crippen LogP contribution is -2.31. The summed E-state index contributed by atoms with van der Waals surface area (Å²) in [5.41, 5.74) is 3.48. The summed E-state index contributed by atoms with van der Waals surface area (Å²) in [4.78, 5) is 2.23. The van der Waals surface area contributed by atoms with E-state index in [1.54, 1.807) is 0 Å². The van der Waals surface area contributed by atoms with Gasteiger partial charge in [0.2, 0.25) is 0 Å². The molecule has 0 amide bonds. The van der Waals surface area contributed by atoms with Gasteiger partial charge in [-0.1, -0.05) is 48.6 Å². The number of anilines is 2. The smallest absolute Gasteiger partial charge is 0.0655 e. The Labute approximate surface area is 113 Å². The molecule has 0 aromatic heterocycles. The molecule has 2 aromatic carbocycles. The average molecular weight is 246 g/mol. The van der Waals surface area contributed by atoms with Gasteiger partial charge in [0.1, 0.15) is 0 Å². The minimum Gasteiger partial charge on any atom is -0.333 e. The number of fused-ring (bicyclic) bond motifs is 1. The minimum atomic E-state index is 0.0994. The van der Waals surface area contributed by atoms with Gasteiger partial charge in [-0.3, -0.25) is 0 Å². The molecule has 1 atom stereocenters. The van der Waals surface area contributed by atoms with Crippen LogP contribution in [0.2, 0.25) is 0 Å². The van der Waals surface area contributed by atoms with Gasteiger partial charge in [0, 0.05) is 11.4 Å². The lowest BCUT2D eigenvalue weighted by molar-refractivity contribution is 0.795. The molecule has 1 aliphatic heterocycles. The van der Waals surface area contributed by atoms with Crippen molar-refractivity contribution in [3.05, 3.63) is 66.2 Å². The van der Waals surface area contributed by atoms with Crippen LogP contribution in [-0.4, -0.2) is 6.04 Å². The molecule has 2 nitrogen and oxygen atoms in total. The van der Waals surface area contributed by atoms with Gasteiger partial charge in [-0.2, -0.15) is 5.26 Å². The molecule has 0 fully saturated rings. The highest BCUT2D eigenvalue weighted by atomic mass is 15.2. The van der Waals surface area contributed by atoms with Gasteiger partial charge in [-0.15, -0.1) is 0 Å². The van der Waals surface area contributed by atoms with E-state index in [2.05, 4.69) is 47.4 Å². The van der Waals surface area contributed by atoms with E-state index >= 15 is 0 Å². The van der Waals surface area contributed by atoms with Crippen molar-refractivity contribution in [3.8, 4) is 6.07 Å². The number of hydrogen-bond acceptors (Lipinski definition) is 2. The summed E-state index contributed by atoms with van der Waals surface area (Å²) in [6.07, 6.45) is 4.70. The number of hydrogen-bond donors (Lipinski definition) is 0. The molecule has 0 saturated carbocycles. The summed E-state index contributed by atoms with van der Waals surface area (Å²) >= 11 is 0. The van der Waals surface area contributed by atoms with E-state index in [4.69, 9.17) is 5.26 Å². The maximum absolute atomic E-state index is 9.02. The standard InChI is InChI=1S/C17H14N2/c18-13-12-16-11-10-14-6-4-5-9-17(14)19(16)15-7-2-1-3-8-15/h1-11,16H,12H2. The van der Waals surface area contributed by atoms with Crippen LogP contribution in [0.3, 0.4) is 0 Å². The van der Waals surface area contributed by atoms with Crippen LogP contribution in [0.4, 0.5) is 11.4 Å². The van der Waals surface area contributed by atoms with Gasteiger partial charge in [0.25, 0.3) is 0 Å². The van der Waals surface area contributed by atoms with Gasteiger partial charge in [0.15, 0.2) is 0 Å². The fraction of sp³-hybridized carbons (Fsp3) is 0.118. The lowest BCUT2D eigenvalue weighted by atomic mass is 10.00. The number of para-hydroxylation sites is 2. The van der Waals surface area contributed by atoms with Crippen molar-refractivity contribution in [1.29, 1.82) is 5.26 Å². The van der Waals surface area contributed by atoms with Crippen molar-refractivity contribution in [2.75, 3.05) is 4.90 Å². The van der Waals surface area contributed by atoms with E-state index in [0.717, 1.165) is 11.4 Å². The molecule has 2 heteroatoms. The van der Waals surface area contributed by atoms with Crippen molar-refractivity contribution >= 4 is 17.5 Å². The molecule has 0 spiro atoms. The number of nitriles is 1. The Morgan fingerprint density at radius 2 is 1.74 bits per heavy atom. The second kappa shape index (κ2) is 4.99. The largest absolute Gasteiger partial charge is 0.333 e. The molecular formula is C17H14N2. The van der Waals surface area contributed by atoms with Gasteiger partial charge < -0.3 is 4.90 Å². The highest BCUT2D eigenvalue weighted by Gasteiger charge is 2.23. The van der Waals surface area contributed by atoms with E-state index in [0.29, 0.717) is 6.42 Å². The third-order valence-corrected chi connectivity index (χ3v) is 3.36. The van der Waals surface area contributed by atoms with Crippen molar-refractivity contribution in [1.82, 2.24) is 0 Å². The van der Waals surface area contributed by atoms with Crippen LogP contribution in [0.15, 0.2) is 60.7 Å². The molecule has 19 heavy (non-hydrogen) atoms. The van der Waals surface area contributed by atoms with Crippen LogP contribution < -0.4 is 4.90 Å². The van der Waals surface area contributed by atoms with Gasteiger partial charge >= 0.3 is 0 Å². The highest BCUT2D eigenvalue weighted by molar-refractivity contribution is 5.78. The predicted octanol–water partition coefficient (Wildman–Crippen LogP) is 4.13. The molecule has 3 rings (SSSR count). The summed E-state index contributed by atoms with van der Waals surface area (Å²) in [5, 5.41) is 9.02. The molecule has 1 aliphatic rings. The van der Waals surface area contributed by atoms with Gasteiger partial charge in [-0.25, -0.2) is 0 Å². The zero-order valence-corrected chi connectivity index (χ0v) is 10.5. The van der Waals surface area contributed by atoms with Crippen LogP contribution in [0.1, 0.15) is 12.0 Å². The zero-order valence-electron chi connectivity index (χ0n) is 10.5. The topological polar surface area (TPSA) is 27.0 Å². The molecule has 0 aliphatic carbocycles. The van der Waals surface area contributed by atoms with Gasteiger partial charge in [-0.05, 0) is 23.8 Å². The second-order valence-electron chi connectivity index (χ2n) is 4.55. The molecule has 2 aromatic rings. The molecule has 0 radical (unpaired) electrons. The van der Waals surface area contributed by atoms with Crippen molar-refractivity contribution in [3.63, 3.8) is 0 Å². The minimum absolute atomic E-state index is 0.0994. The van der Waals surface area contributed by atoms with Crippen molar-refractivity contribution in [2.24, 2.45) is 0 Å². The number of nitrogens with zero attached hydrogens (tertiary/aromatic N) is 2. The lowest BCUT2D eigenvalue weighted by Gasteiger charge is -2.34. The maximum Gasteiger partial charge on any atom is 0.0655 e. The third-order valence-electron chi connectivity index (χ3n) is 3.36. The van der Waals surface area contributed by atoms with Crippen LogP contribution >= 0.6 is 0 Å². The monoisotopic (exact) mass is 246 g/mol. The van der Waals surface area contributed by atoms with Crippen molar-refractivity contribution in [2.45, 2.75) is 12.5 Å². The first kappa shape index (κ1) is 11.6. The summed E-state index contributed by atoms with van der Waals surface area (Å²) in [6.45, 7) is 0. The molecule has 0 bridgehead atoms. The summed E-state index contributed by atoms with van der Waals surface area (Å²) in [5.74, 6) is 0.